The van der Waals surface area contributed by atoms with E-state index in [1.54, 1.807) is 6.92 Å². The zero-order valence-corrected chi connectivity index (χ0v) is 8.15. The minimum absolute atomic E-state index is 0.0524. The lowest BCUT2D eigenvalue weighted by Crippen LogP contribution is -2.35. The van der Waals surface area contributed by atoms with Crippen LogP contribution in [-0.4, -0.2) is 33.8 Å². The fraction of sp³-hybridized carbons (Fsp3) is 0.333. The maximum atomic E-state index is 11.4. The summed E-state index contributed by atoms with van der Waals surface area (Å²) in [5.41, 5.74) is -0.506. The Balaban J connectivity index is 2.87. The van der Waals surface area contributed by atoms with Gasteiger partial charge in [-0.1, -0.05) is 0 Å². The van der Waals surface area contributed by atoms with E-state index in [0.29, 0.717) is 0 Å². The zero-order valence-electron chi connectivity index (χ0n) is 8.15. The van der Waals surface area contributed by atoms with E-state index in [9.17, 15) is 9.59 Å². The Morgan fingerprint density at radius 2 is 2.27 bits per heavy atom. The fourth-order valence-corrected chi connectivity index (χ4v) is 1.01. The van der Waals surface area contributed by atoms with E-state index < -0.39 is 17.5 Å². The van der Waals surface area contributed by atoms with Gasteiger partial charge in [-0.05, 0) is 6.92 Å². The highest BCUT2D eigenvalue weighted by Crippen LogP contribution is 2.04. The molecular formula is C9H12N2O4. The number of aliphatic hydroxyl groups excluding tert-OH is 1. The van der Waals surface area contributed by atoms with Gasteiger partial charge in [-0.15, -0.1) is 0 Å². The molecule has 1 atom stereocenters. The highest BCUT2D eigenvalue weighted by molar-refractivity contribution is 5.94. The molecule has 1 heterocycles. The second-order valence-electron chi connectivity index (χ2n) is 3.18. The number of aromatic hydroxyl groups is 1. The van der Waals surface area contributed by atoms with Crippen molar-refractivity contribution in [1.82, 2.24) is 10.3 Å². The van der Waals surface area contributed by atoms with Gasteiger partial charge in [0.25, 0.3) is 11.5 Å². The van der Waals surface area contributed by atoms with Crippen LogP contribution in [0.25, 0.3) is 0 Å². The van der Waals surface area contributed by atoms with E-state index in [1.165, 1.54) is 0 Å². The molecule has 15 heavy (non-hydrogen) atoms. The van der Waals surface area contributed by atoms with Gasteiger partial charge >= 0.3 is 0 Å². The molecule has 0 aliphatic heterocycles. The number of carbonyl (C=O) groups excluding carboxylic acids is 1. The lowest BCUT2D eigenvalue weighted by Gasteiger charge is -2.10. The molecule has 1 aromatic heterocycles. The first-order valence-corrected chi connectivity index (χ1v) is 4.38. The lowest BCUT2D eigenvalue weighted by atomic mass is 10.2. The maximum Gasteiger partial charge on any atom is 0.251 e. The van der Waals surface area contributed by atoms with Crippen molar-refractivity contribution >= 4 is 5.91 Å². The van der Waals surface area contributed by atoms with E-state index >= 15 is 0 Å². The number of hydrogen-bond donors (Lipinski definition) is 4. The largest absolute Gasteiger partial charge is 0.494 e. The Kier molecular flexibility index (Phi) is 3.46. The molecule has 0 saturated carbocycles. The van der Waals surface area contributed by atoms with Crippen molar-refractivity contribution in [1.29, 1.82) is 0 Å². The van der Waals surface area contributed by atoms with Gasteiger partial charge in [0.05, 0.1) is 12.2 Å². The third-order valence-electron chi connectivity index (χ3n) is 1.74. The smallest absolute Gasteiger partial charge is 0.251 e. The van der Waals surface area contributed by atoms with E-state index in [1.807, 2.05) is 0 Å². The van der Waals surface area contributed by atoms with Gasteiger partial charge in [0.1, 0.15) is 0 Å². The molecule has 0 spiro atoms. The monoisotopic (exact) mass is 212 g/mol. The summed E-state index contributed by atoms with van der Waals surface area (Å²) >= 11 is 0. The Hall–Kier alpha value is -1.82. The molecule has 0 aliphatic carbocycles. The average Bonchev–Trinajstić information content (AvgIpc) is 2.16. The Morgan fingerprint density at radius 1 is 1.60 bits per heavy atom. The first-order valence-electron chi connectivity index (χ1n) is 4.38. The summed E-state index contributed by atoms with van der Waals surface area (Å²) in [7, 11) is 0. The molecule has 0 aliphatic rings. The van der Waals surface area contributed by atoms with E-state index in [4.69, 9.17) is 10.2 Å². The maximum absolute atomic E-state index is 11.4. The number of H-pyrrole nitrogens is 1. The summed E-state index contributed by atoms with van der Waals surface area (Å²) in [6, 6.07) is 1.80. The summed E-state index contributed by atoms with van der Waals surface area (Å²) in [5, 5.41) is 20.2. The SMILES string of the molecule is C[C@H](CO)NC(=O)c1cc(O)[nH]c(=O)c1. The van der Waals surface area contributed by atoms with Crippen LogP contribution in [0.3, 0.4) is 0 Å². The predicted molar refractivity (Wildman–Crippen MR) is 52.7 cm³/mol. The third kappa shape index (κ3) is 3.10. The van der Waals surface area contributed by atoms with Crippen LogP contribution in [0.15, 0.2) is 16.9 Å². The van der Waals surface area contributed by atoms with Gasteiger partial charge in [-0.2, -0.15) is 0 Å². The zero-order chi connectivity index (χ0) is 11.4. The molecule has 0 radical (unpaired) electrons. The van der Waals surface area contributed by atoms with Crippen molar-refractivity contribution < 1.29 is 15.0 Å². The van der Waals surface area contributed by atoms with Crippen LogP contribution in [0, 0.1) is 0 Å². The number of amides is 1. The number of rotatable bonds is 3. The molecular weight excluding hydrogens is 200 g/mol. The van der Waals surface area contributed by atoms with Gasteiger partial charge < -0.3 is 15.5 Å². The number of hydrogen-bond acceptors (Lipinski definition) is 4. The molecule has 6 nitrogen and oxygen atoms in total. The van der Waals surface area contributed by atoms with Gasteiger partial charge in [0, 0.05) is 18.2 Å². The third-order valence-corrected chi connectivity index (χ3v) is 1.74. The Morgan fingerprint density at radius 3 is 2.80 bits per heavy atom. The van der Waals surface area contributed by atoms with Crippen molar-refractivity contribution in [2.75, 3.05) is 6.61 Å². The average molecular weight is 212 g/mol. The second-order valence-corrected chi connectivity index (χ2v) is 3.18. The fourth-order valence-electron chi connectivity index (χ4n) is 1.01. The minimum atomic E-state index is -0.559. The van der Waals surface area contributed by atoms with Crippen LogP contribution in [0.5, 0.6) is 5.88 Å². The second kappa shape index (κ2) is 4.61. The number of aliphatic hydroxyl groups is 1. The van der Waals surface area contributed by atoms with Crippen LogP contribution in [-0.2, 0) is 0 Å². The van der Waals surface area contributed by atoms with Gasteiger partial charge in [0.15, 0.2) is 5.88 Å². The van der Waals surface area contributed by atoms with Crippen LogP contribution in [0.4, 0.5) is 0 Å². The number of aromatic nitrogens is 1. The quantitative estimate of drug-likeness (QED) is 0.526. The molecule has 0 aromatic carbocycles. The molecule has 0 bridgehead atoms. The number of pyridine rings is 1. The summed E-state index contributed by atoms with van der Waals surface area (Å²) < 4.78 is 0. The highest BCUT2D eigenvalue weighted by Gasteiger charge is 2.10. The molecule has 0 fully saturated rings. The molecule has 4 N–H and O–H groups in total. The summed E-state index contributed by atoms with van der Waals surface area (Å²) in [5.74, 6) is -0.887. The van der Waals surface area contributed by atoms with E-state index in [0.717, 1.165) is 12.1 Å². The van der Waals surface area contributed by atoms with Crippen molar-refractivity contribution in [2.24, 2.45) is 0 Å². The van der Waals surface area contributed by atoms with Gasteiger partial charge in [-0.3, -0.25) is 14.6 Å². The van der Waals surface area contributed by atoms with E-state index in [-0.39, 0.29) is 18.1 Å². The summed E-state index contributed by atoms with van der Waals surface area (Å²) in [6.45, 7) is 1.42. The lowest BCUT2D eigenvalue weighted by molar-refractivity contribution is 0.0921. The first kappa shape index (κ1) is 11.3. The van der Waals surface area contributed by atoms with Crippen molar-refractivity contribution in [2.45, 2.75) is 13.0 Å². The molecule has 82 valence electrons. The van der Waals surface area contributed by atoms with Crippen LogP contribution >= 0.6 is 0 Å². The summed E-state index contributed by atoms with van der Waals surface area (Å²) in [6.07, 6.45) is 0. The van der Waals surface area contributed by atoms with Crippen molar-refractivity contribution in [3.8, 4) is 5.88 Å². The molecule has 1 rings (SSSR count). The molecule has 6 heteroatoms. The first-order chi connectivity index (χ1) is 7.02. The number of aromatic amines is 1. The van der Waals surface area contributed by atoms with Crippen LogP contribution in [0.1, 0.15) is 17.3 Å². The van der Waals surface area contributed by atoms with E-state index in [2.05, 4.69) is 10.3 Å². The van der Waals surface area contributed by atoms with Crippen molar-refractivity contribution in [3.05, 3.63) is 28.0 Å². The molecule has 1 aromatic rings. The highest BCUT2D eigenvalue weighted by atomic mass is 16.3. The predicted octanol–water partition coefficient (Wildman–Crippen LogP) is -0.809. The normalized spacial score (nSPS) is 12.1. The summed E-state index contributed by atoms with van der Waals surface area (Å²) in [4.78, 5) is 24.5. The van der Waals surface area contributed by atoms with Gasteiger partial charge in [-0.25, -0.2) is 0 Å². The van der Waals surface area contributed by atoms with Crippen LogP contribution < -0.4 is 10.9 Å². The molecule has 1 amide bonds. The Labute approximate surface area is 85.6 Å². The Bertz CT molecular complexity index is 413. The minimum Gasteiger partial charge on any atom is -0.494 e. The van der Waals surface area contributed by atoms with Crippen molar-refractivity contribution in [3.63, 3.8) is 0 Å². The topological polar surface area (TPSA) is 102 Å². The van der Waals surface area contributed by atoms with Crippen LogP contribution in [0.2, 0.25) is 0 Å². The van der Waals surface area contributed by atoms with Gasteiger partial charge in [0.2, 0.25) is 0 Å². The molecule has 0 unspecified atom stereocenters. The number of nitrogens with one attached hydrogen (secondary N) is 2. The molecule has 0 saturated heterocycles. The number of carbonyl (C=O) groups is 1. The standard InChI is InChI=1S/C9H12N2O4/c1-5(4-12)10-9(15)6-2-7(13)11-8(14)3-6/h2-3,5,12H,4H2,1H3,(H,10,15)(H2,11,13,14)/t5-/m1/s1.